The van der Waals surface area contributed by atoms with Gasteiger partial charge in [0.25, 0.3) is 0 Å². The highest BCUT2D eigenvalue weighted by Crippen LogP contribution is 2.36. The Hall–Kier alpha value is -4.17. The zero-order valence-electron chi connectivity index (χ0n) is 22.0. The van der Waals surface area contributed by atoms with Gasteiger partial charge in [0.1, 0.15) is 29.5 Å². The molecule has 5 nitrogen and oxygen atoms in total. The van der Waals surface area contributed by atoms with E-state index < -0.39 is 0 Å². The van der Waals surface area contributed by atoms with Crippen LogP contribution in [-0.2, 0) is 19.4 Å². The van der Waals surface area contributed by atoms with E-state index in [1.807, 2.05) is 31.2 Å². The SMILES string of the molecule is C=CC#[N+]/C(=C\CC)N1COc2cc(C)c(Oc3ccc(OCCc4ccccc4)c(CC)c3)cc2C1. The molecule has 0 fully saturated rings. The molecule has 0 aliphatic carbocycles. The topological polar surface area (TPSA) is 35.3 Å². The van der Waals surface area contributed by atoms with Crippen LogP contribution in [0.15, 0.2) is 85.2 Å². The fourth-order valence-corrected chi connectivity index (χ4v) is 4.24. The molecule has 5 heteroatoms. The highest BCUT2D eigenvalue weighted by Gasteiger charge is 2.27. The van der Waals surface area contributed by atoms with Crippen molar-refractivity contribution in [3.63, 3.8) is 0 Å². The van der Waals surface area contributed by atoms with Crippen molar-refractivity contribution in [2.45, 2.75) is 46.6 Å². The minimum absolute atomic E-state index is 0.437. The molecule has 1 aliphatic heterocycles. The summed E-state index contributed by atoms with van der Waals surface area (Å²) < 4.78 is 18.5. The Morgan fingerprint density at radius 1 is 1.11 bits per heavy atom. The molecular formula is C32H35N2O3+. The molecule has 3 aromatic rings. The van der Waals surface area contributed by atoms with E-state index in [0.717, 1.165) is 64.8 Å². The van der Waals surface area contributed by atoms with Gasteiger partial charge in [0.05, 0.1) is 6.61 Å². The summed E-state index contributed by atoms with van der Waals surface area (Å²) in [5, 5.41) is 0. The van der Waals surface area contributed by atoms with Crippen molar-refractivity contribution < 1.29 is 14.2 Å². The monoisotopic (exact) mass is 495 g/mol. The normalized spacial score (nSPS) is 12.6. The number of ether oxygens (including phenoxy) is 3. The van der Waals surface area contributed by atoms with E-state index in [-0.39, 0.29) is 0 Å². The highest BCUT2D eigenvalue weighted by atomic mass is 16.5. The van der Waals surface area contributed by atoms with Gasteiger partial charge in [-0.2, -0.15) is 4.85 Å². The van der Waals surface area contributed by atoms with Gasteiger partial charge in [0.2, 0.25) is 6.73 Å². The van der Waals surface area contributed by atoms with Gasteiger partial charge in [-0.3, -0.25) is 0 Å². The van der Waals surface area contributed by atoms with Gasteiger partial charge in [0.15, 0.2) is 6.07 Å². The smallest absolute Gasteiger partial charge is 0.380 e. The van der Waals surface area contributed by atoms with Gasteiger partial charge in [-0.05, 0) is 66.8 Å². The van der Waals surface area contributed by atoms with Crippen molar-refractivity contribution in [2.24, 2.45) is 0 Å². The third kappa shape index (κ3) is 6.74. The lowest BCUT2D eigenvalue weighted by molar-refractivity contribution is 0.131. The predicted octanol–water partition coefficient (Wildman–Crippen LogP) is 7.89. The quantitative estimate of drug-likeness (QED) is 0.283. The van der Waals surface area contributed by atoms with Crippen molar-refractivity contribution >= 4 is 0 Å². The van der Waals surface area contributed by atoms with Crippen LogP contribution in [0.4, 0.5) is 0 Å². The van der Waals surface area contributed by atoms with Crippen LogP contribution < -0.4 is 14.2 Å². The molecule has 0 unspecified atom stereocenters. The lowest BCUT2D eigenvalue weighted by Gasteiger charge is -2.24. The molecule has 0 amide bonds. The first-order valence-corrected chi connectivity index (χ1v) is 12.9. The number of allylic oxidation sites excluding steroid dienone is 2. The van der Waals surface area contributed by atoms with E-state index in [1.165, 1.54) is 5.56 Å². The molecule has 0 radical (unpaired) electrons. The van der Waals surface area contributed by atoms with Gasteiger partial charge in [-0.15, -0.1) is 0 Å². The van der Waals surface area contributed by atoms with Crippen LogP contribution >= 0.6 is 0 Å². The van der Waals surface area contributed by atoms with Crippen LogP contribution in [0.2, 0.25) is 0 Å². The molecule has 1 aliphatic rings. The maximum atomic E-state index is 6.36. The predicted molar refractivity (Wildman–Crippen MR) is 150 cm³/mol. The molecule has 0 N–H and O–H groups in total. The van der Waals surface area contributed by atoms with Crippen LogP contribution in [0.5, 0.6) is 23.0 Å². The highest BCUT2D eigenvalue weighted by molar-refractivity contribution is 5.49. The minimum Gasteiger partial charge on any atom is -0.493 e. The third-order valence-electron chi connectivity index (χ3n) is 6.21. The molecule has 0 saturated carbocycles. The fraction of sp³-hybridized carbons (Fsp3) is 0.281. The first kappa shape index (κ1) is 25.9. The second-order valence-corrected chi connectivity index (χ2v) is 8.92. The van der Waals surface area contributed by atoms with Crippen molar-refractivity contribution in [1.29, 1.82) is 0 Å². The van der Waals surface area contributed by atoms with Crippen LogP contribution in [0.3, 0.4) is 0 Å². The molecule has 190 valence electrons. The lowest BCUT2D eigenvalue weighted by Crippen LogP contribution is -2.30. The standard InChI is InChI=1S/C32H35N2O3/c1-5-11-32(33-17-6-2)34-22-27-21-30(24(4)19-31(27)36-23-34)37-28-14-15-29(26(7-3)20-28)35-18-16-25-12-9-8-10-13-25/h6,8-15,19-21H,2,5,7,16,18,22-23H2,1,3-4H3/q+1/b32-11+. The molecule has 0 spiro atoms. The molecule has 3 aromatic carbocycles. The van der Waals surface area contributed by atoms with E-state index in [4.69, 9.17) is 14.2 Å². The lowest BCUT2D eigenvalue weighted by atomic mass is 10.1. The first-order chi connectivity index (χ1) is 18.1. The molecule has 0 atom stereocenters. The van der Waals surface area contributed by atoms with Gasteiger partial charge in [0, 0.05) is 24.1 Å². The summed E-state index contributed by atoms with van der Waals surface area (Å²) in [7, 11) is 0. The summed E-state index contributed by atoms with van der Waals surface area (Å²) in [5.74, 6) is 4.22. The van der Waals surface area contributed by atoms with Gasteiger partial charge in [-0.1, -0.05) is 50.8 Å². The first-order valence-electron chi connectivity index (χ1n) is 12.9. The van der Waals surface area contributed by atoms with E-state index in [1.54, 1.807) is 6.08 Å². The van der Waals surface area contributed by atoms with E-state index in [2.05, 4.69) is 78.7 Å². The Balaban J connectivity index is 1.47. The van der Waals surface area contributed by atoms with E-state index in [0.29, 0.717) is 19.9 Å². The third-order valence-corrected chi connectivity index (χ3v) is 6.21. The molecule has 1 heterocycles. The zero-order chi connectivity index (χ0) is 26.0. The second-order valence-electron chi connectivity index (χ2n) is 8.92. The van der Waals surface area contributed by atoms with Gasteiger partial charge >= 0.3 is 5.82 Å². The van der Waals surface area contributed by atoms with Crippen molar-refractivity contribution in [2.75, 3.05) is 13.3 Å². The zero-order valence-corrected chi connectivity index (χ0v) is 22.0. The van der Waals surface area contributed by atoms with Gasteiger partial charge < -0.3 is 14.2 Å². The number of aryl methyl sites for hydroxylation is 2. The van der Waals surface area contributed by atoms with Crippen molar-refractivity contribution in [3.8, 4) is 29.1 Å². The molecular weight excluding hydrogens is 460 g/mol. The average Bonchev–Trinajstić information content (AvgIpc) is 2.92. The van der Waals surface area contributed by atoms with Gasteiger partial charge in [-0.25, -0.2) is 4.90 Å². The van der Waals surface area contributed by atoms with Crippen molar-refractivity contribution in [3.05, 3.63) is 112 Å². The molecule has 0 saturated heterocycles. The Morgan fingerprint density at radius 3 is 2.70 bits per heavy atom. The van der Waals surface area contributed by atoms with Crippen LogP contribution in [0.1, 0.15) is 42.5 Å². The summed E-state index contributed by atoms with van der Waals surface area (Å²) in [6, 6.07) is 23.4. The summed E-state index contributed by atoms with van der Waals surface area (Å²) in [6.45, 7) is 11.7. The number of hydrogen-bond donors (Lipinski definition) is 0. The van der Waals surface area contributed by atoms with Crippen LogP contribution in [0.25, 0.3) is 4.85 Å². The summed E-state index contributed by atoms with van der Waals surface area (Å²) >= 11 is 0. The number of nitrogens with zero attached hydrogens (tertiary/aromatic N) is 2. The Labute approximate surface area is 220 Å². The largest absolute Gasteiger partial charge is 0.493 e. The number of benzene rings is 3. The summed E-state index contributed by atoms with van der Waals surface area (Å²) in [4.78, 5) is 6.48. The Bertz CT molecular complexity index is 1320. The summed E-state index contributed by atoms with van der Waals surface area (Å²) in [6.07, 6.45) is 6.23. The van der Waals surface area contributed by atoms with E-state index in [9.17, 15) is 0 Å². The second kappa shape index (κ2) is 12.7. The number of rotatable bonds is 9. The maximum absolute atomic E-state index is 6.36. The van der Waals surface area contributed by atoms with Crippen molar-refractivity contribution in [1.82, 2.24) is 4.90 Å². The maximum Gasteiger partial charge on any atom is 0.380 e. The fourth-order valence-electron chi connectivity index (χ4n) is 4.24. The molecule has 0 bridgehead atoms. The summed E-state index contributed by atoms with van der Waals surface area (Å²) in [5.41, 5.74) is 4.48. The Kier molecular flexibility index (Phi) is 8.89. The van der Waals surface area contributed by atoms with Crippen LogP contribution in [0, 0.1) is 13.0 Å². The van der Waals surface area contributed by atoms with E-state index >= 15 is 0 Å². The minimum atomic E-state index is 0.437. The van der Waals surface area contributed by atoms with Crippen LogP contribution in [-0.4, -0.2) is 18.2 Å². The number of fused-ring (bicyclic) bond motifs is 1. The Morgan fingerprint density at radius 2 is 1.95 bits per heavy atom. The molecule has 4 rings (SSSR count). The molecule has 0 aromatic heterocycles. The average molecular weight is 496 g/mol. The number of hydrogen-bond acceptors (Lipinski definition) is 4. The molecule has 37 heavy (non-hydrogen) atoms.